The summed E-state index contributed by atoms with van der Waals surface area (Å²) in [6, 6.07) is 0. The van der Waals surface area contributed by atoms with E-state index in [0.29, 0.717) is 0 Å². The van der Waals surface area contributed by atoms with Crippen LogP contribution in [-0.4, -0.2) is 83.6 Å². The molecule has 5 rings (SSSR count). The first-order valence-electron chi connectivity index (χ1n) is 18.1. The normalized spacial score (nSPS) is 29.7. The Morgan fingerprint density at radius 1 is 0.839 bits per heavy atom. The van der Waals surface area contributed by atoms with E-state index in [1.807, 2.05) is 0 Å². The zero-order valence-corrected chi connectivity index (χ0v) is 33.3. The fourth-order valence-corrected chi connectivity index (χ4v) is 7.27. The highest BCUT2D eigenvalue weighted by molar-refractivity contribution is 6.31. The maximum absolute atomic E-state index is 14.1. The van der Waals surface area contributed by atoms with Crippen LogP contribution in [0.4, 0.5) is 0 Å². The summed E-state index contributed by atoms with van der Waals surface area (Å²) in [6.07, 6.45) is 4.32. The average molecular weight is 780 g/mol. The van der Waals surface area contributed by atoms with Crippen molar-refractivity contribution in [2.24, 2.45) is 23.7 Å². The monoisotopic (exact) mass is 779 g/mol. The second-order valence-electron chi connectivity index (χ2n) is 14.5. The SMILES string of the molecule is CO[C@@H]1C=CO[C@@]2(C)Oc3c(C)c(OC(C)=O)c4c(c3C2=O)C(=O)C=C(NC(=O)C(C)=CC=C[C@H](C)[C@H](OC(C)=O)[C@H](C)[C@H](O)[C@H](C)[C@@H](OC(C)=O)[C@H]1C)C4=O. The number of esters is 3. The lowest BCUT2D eigenvalue weighted by atomic mass is 9.78. The Kier molecular flexibility index (Phi) is 13.3. The number of benzene rings is 1. The standard InChI is InChI=1S/C41H49NO14/c1-18-13-12-14-19(2)40(50)42-27-17-28(46)30-31(34(27)48)37(55-26(9)45)23(6)38-32(30)39(49)41(10,56-38)52-16-15-29(51-11)20(3)36(54-25(8)44)22(5)33(47)21(4)35(18)53-24(7)43/h12-18,20-22,29,33,35-36,47H,1-11H3,(H,42,50)/t18-,20-,21+,22-,29+,33-,35-,36-,41-/m0/s1. The van der Waals surface area contributed by atoms with Gasteiger partial charge in [-0.3, -0.25) is 33.6 Å². The molecule has 0 fully saturated rings. The van der Waals surface area contributed by atoms with Crippen molar-refractivity contribution in [2.75, 3.05) is 7.11 Å². The predicted molar refractivity (Wildman–Crippen MR) is 198 cm³/mol. The summed E-state index contributed by atoms with van der Waals surface area (Å²) >= 11 is 0. The van der Waals surface area contributed by atoms with Gasteiger partial charge in [-0.1, -0.05) is 45.9 Å². The van der Waals surface area contributed by atoms with Crippen LogP contribution >= 0.6 is 0 Å². The number of methoxy groups -OCH3 is 1. The van der Waals surface area contributed by atoms with E-state index in [9.17, 15) is 38.7 Å². The Morgan fingerprint density at radius 3 is 2.04 bits per heavy atom. The number of rotatable bonds is 4. The van der Waals surface area contributed by atoms with Crippen molar-refractivity contribution in [1.29, 1.82) is 0 Å². The quantitative estimate of drug-likeness (QED) is 0.321. The summed E-state index contributed by atoms with van der Waals surface area (Å²) in [5.74, 6) is -10.5. The van der Waals surface area contributed by atoms with Crippen molar-refractivity contribution in [3.05, 3.63) is 70.2 Å². The first-order valence-corrected chi connectivity index (χ1v) is 18.1. The molecule has 4 aliphatic rings. The molecule has 56 heavy (non-hydrogen) atoms. The van der Waals surface area contributed by atoms with E-state index in [1.54, 1.807) is 39.8 Å². The van der Waals surface area contributed by atoms with Crippen molar-refractivity contribution < 1.29 is 67.1 Å². The number of ether oxygens (including phenoxy) is 6. The molecular weight excluding hydrogens is 730 g/mol. The average Bonchev–Trinajstić information content (AvgIpc) is 3.38. The fraction of sp³-hybridized carbons (Fsp3) is 0.488. The summed E-state index contributed by atoms with van der Waals surface area (Å²) in [4.78, 5) is 92.2. The molecule has 5 bridgehead atoms. The largest absolute Gasteiger partial charge is 0.462 e. The zero-order valence-electron chi connectivity index (χ0n) is 33.3. The van der Waals surface area contributed by atoms with Crippen LogP contribution in [0, 0.1) is 30.6 Å². The molecule has 0 unspecified atom stereocenters. The van der Waals surface area contributed by atoms with Gasteiger partial charge in [-0.15, -0.1) is 0 Å². The molecule has 2 N–H and O–H groups in total. The van der Waals surface area contributed by atoms with Gasteiger partial charge in [0, 0.05) is 75.7 Å². The molecule has 1 aromatic rings. The summed E-state index contributed by atoms with van der Waals surface area (Å²) in [7, 11) is 1.41. The number of fused-ring (bicyclic) bond motifs is 14. The molecule has 3 heterocycles. The van der Waals surface area contributed by atoms with Crippen LogP contribution in [-0.2, 0) is 38.1 Å². The molecule has 302 valence electrons. The Morgan fingerprint density at radius 2 is 1.45 bits per heavy atom. The van der Waals surface area contributed by atoms with E-state index in [-0.39, 0.29) is 33.8 Å². The van der Waals surface area contributed by atoms with Gasteiger partial charge in [-0.25, -0.2) is 0 Å². The third-order valence-corrected chi connectivity index (χ3v) is 10.3. The van der Waals surface area contributed by atoms with E-state index in [2.05, 4.69) is 5.32 Å². The van der Waals surface area contributed by atoms with Crippen LogP contribution in [0.15, 0.2) is 47.9 Å². The molecule has 0 saturated carbocycles. The predicted octanol–water partition coefficient (Wildman–Crippen LogP) is 4.42. The lowest BCUT2D eigenvalue weighted by molar-refractivity contribution is -0.164. The van der Waals surface area contributed by atoms with Crippen LogP contribution in [0.25, 0.3) is 0 Å². The smallest absolute Gasteiger partial charge is 0.312 e. The van der Waals surface area contributed by atoms with Gasteiger partial charge >= 0.3 is 23.7 Å². The fourth-order valence-electron chi connectivity index (χ4n) is 7.27. The van der Waals surface area contributed by atoms with Gasteiger partial charge < -0.3 is 38.8 Å². The van der Waals surface area contributed by atoms with E-state index < -0.39 is 106 Å². The Hall–Kier alpha value is -5.41. The molecule has 0 radical (unpaired) electrons. The van der Waals surface area contributed by atoms with Gasteiger partial charge in [-0.2, -0.15) is 0 Å². The lowest BCUT2D eigenvalue weighted by Gasteiger charge is -2.38. The topological polar surface area (TPSA) is 207 Å². The highest BCUT2D eigenvalue weighted by Gasteiger charge is 2.52. The van der Waals surface area contributed by atoms with Crippen molar-refractivity contribution in [3.8, 4) is 11.5 Å². The maximum atomic E-state index is 14.1. The molecule has 0 aromatic heterocycles. The number of carbonyl (C=O) groups excluding carboxylic acids is 7. The summed E-state index contributed by atoms with van der Waals surface area (Å²) in [6.45, 7) is 14.7. The van der Waals surface area contributed by atoms with Gasteiger partial charge in [0.25, 0.3) is 11.7 Å². The minimum absolute atomic E-state index is 0.0506. The molecule has 1 amide bonds. The zero-order chi connectivity index (χ0) is 42.0. The Labute approximate surface area is 325 Å². The molecule has 15 heteroatoms. The minimum atomic E-state index is -2.09. The van der Waals surface area contributed by atoms with E-state index in [0.717, 1.165) is 19.3 Å². The number of ketones is 3. The number of amides is 1. The molecule has 1 aromatic carbocycles. The Bertz CT molecular complexity index is 1960. The lowest BCUT2D eigenvalue weighted by Crippen LogP contribution is -2.47. The van der Waals surface area contributed by atoms with Gasteiger partial charge in [-0.05, 0) is 19.9 Å². The van der Waals surface area contributed by atoms with Crippen LogP contribution < -0.4 is 14.8 Å². The molecule has 1 aliphatic carbocycles. The number of allylic oxidation sites excluding steroid dienone is 4. The second-order valence-corrected chi connectivity index (χ2v) is 14.5. The van der Waals surface area contributed by atoms with Crippen LogP contribution in [0.2, 0.25) is 0 Å². The van der Waals surface area contributed by atoms with Crippen molar-refractivity contribution in [1.82, 2.24) is 5.32 Å². The summed E-state index contributed by atoms with van der Waals surface area (Å²) < 4.78 is 34.5. The van der Waals surface area contributed by atoms with E-state index >= 15 is 0 Å². The molecule has 3 aliphatic heterocycles. The van der Waals surface area contributed by atoms with Gasteiger partial charge in [0.05, 0.1) is 40.9 Å². The van der Waals surface area contributed by atoms with Crippen molar-refractivity contribution in [2.45, 2.75) is 99.4 Å². The highest BCUT2D eigenvalue weighted by atomic mass is 16.7. The van der Waals surface area contributed by atoms with Gasteiger partial charge in [0.2, 0.25) is 5.78 Å². The highest BCUT2D eigenvalue weighted by Crippen LogP contribution is 2.48. The number of nitrogens with one attached hydrogen (secondary N) is 1. The summed E-state index contributed by atoms with van der Waals surface area (Å²) in [5, 5.41) is 14.2. The van der Waals surface area contributed by atoms with Crippen LogP contribution in [0.1, 0.15) is 99.0 Å². The number of hydrogen-bond donors (Lipinski definition) is 2. The molecule has 15 nitrogen and oxygen atoms in total. The molecule has 9 atom stereocenters. The number of hydrogen-bond acceptors (Lipinski definition) is 14. The maximum Gasteiger partial charge on any atom is 0.312 e. The van der Waals surface area contributed by atoms with E-state index in [1.165, 1.54) is 53.9 Å². The molecule has 0 spiro atoms. The number of Topliss-reactive ketones (excluding diaryl/α,β-unsaturated/α-hetero) is 2. The van der Waals surface area contributed by atoms with Crippen molar-refractivity contribution >= 4 is 41.2 Å². The third-order valence-electron chi connectivity index (χ3n) is 10.3. The Balaban J connectivity index is 1.90. The van der Waals surface area contributed by atoms with Gasteiger partial charge in [0.15, 0.2) is 5.78 Å². The molecular formula is C41H49NO14. The first-order chi connectivity index (χ1) is 26.1. The first kappa shape index (κ1) is 43.3. The summed E-state index contributed by atoms with van der Waals surface area (Å²) in [5.41, 5.74) is -1.33. The number of carbonyl (C=O) groups is 7. The van der Waals surface area contributed by atoms with Crippen molar-refractivity contribution in [3.63, 3.8) is 0 Å². The van der Waals surface area contributed by atoms with Crippen LogP contribution in [0.5, 0.6) is 11.5 Å². The third kappa shape index (κ3) is 8.68. The number of aliphatic hydroxyl groups is 1. The van der Waals surface area contributed by atoms with Crippen LogP contribution in [0.3, 0.4) is 0 Å². The van der Waals surface area contributed by atoms with Gasteiger partial charge in [0.1, 0.15) is 23.7 Å². The van der Waals surface area contributed by atoms with E-state index in [4.69, 9.17) is 28.4 Å². The second kappa shape index (κ2) is 17.2. The molecule has 0 saturated heterocycles. The number of aliphatic hydroxyl groups excluding tert-OH is 1. The minimum Gasteiger partial charge on any atom is -0.462 e.